The van der Waals surface area contributed by atoms with Crippen molar-refractivity contribution in [1.29, 1.82) is 0 Å². The molecule has 0 aromatic rings. The molecule has 1 heterocycles. The van der Waals surface area contributed by atoms with Crippen LogP contribution in [0.15, 0.2) is 0 Å². The molecule has 0 N–H and O–H groups in total. The molecule has 3 nitrogen and oxygen atoms in total. The number of rotatable bonds is 3. The maximum Gasteiger partial charge on any atom is 0.410 e. The van der Waals surface area contributed by atoms with Crippen LogP contribution in [0.3, 0.4) is 0 Å². The van der Waals surface area contributed by atoms with Crippen LogP contribution in [0.2, 0.25) is 0 Å². The van der Waals surface area contributed by atoms with Gasteiger partial charge in [0.2, 0.25) is 0 Å². The van der Waals surface area contributed by atoms with Gasteiger partial charge in [0, 0.05) is 18.3 Å². The molecule has 1 aliphatic rings. The molecule has 0 aliphatic carbocycles. The highest BCUT2D eigenvalue weighted by Crippen LogP contribution is 2.24. The van der Waals surface area contributed by atoms with Crippen LogP contribution in [-0.2, 0) is 4.74 Å². The molecule has 0 aromatic carbocycles. The van der Waals surface area contributed by atoms with Crippen molar-refractivity contribution in [3.63, 3.8) is 0 Å². The highest BCUT2D eigenvalue weighted by atomic mass is 32.2. The average molecular weight is 259 g/mol. The Morgan fingerprint density at radius 2 is 1.94 bits per heavy atom. The minimum absolute atomic E-state index is 0.156. The highest BCUT2D eigenvalue weighted by Gasteiger charge is 2.26. The number of hydrogen-bond acceptors (Lipinski definition) is 3. The second kappa shape index (κ2) is 6.53. The molecular weight excluding hydrogens is 234 g/mol. The van der Waals surface area contributed by atoms with E-state index in [1.54, 1.807) is 0 Å². The Morgan fingerprint density at radius 3 is 2.41 bits per heavy atom. The maximum atomic E-state index is 11.8. The Balaban J connectivity index is 2.29. The van der Waals surface area contributed by atoms with E-state index in [-0.39, 0.29) is 11.7 Å². The molecule has 0 radical (unpaired) electrons. The third-order valence-electron chi connectivity index (χ3n) is 2.65. The summed E-state index contributed by atoms with van der Waals surface area (Å²) >= 11 is 2.05. The van der Waals surface area contributed by atoms with E-state index in [9.17, 15) is 4.79 Å². The zero-order valence-corrected chi connectivity index (χ0v) is 12.3. The van der Waals surface area contributed by atoms with Crippen LogP contribution >= 0.6 is 11.8 Å². The zero-order chi connectivity index (χ0) is 12.9. The van der Waals surface area contributed by atoms with E-state index in [2.05, 4.69) is 6.92 Å². The van der Waals surface area contributed by atoms with Gasteiger partial charge in [0.25, 0.3) is 0 Å². The highest BCUT2D eigenvalue weighted by molar-refractivity contribution is 7.99. The minimum atomic E-state index is -0.384. The fraction of sp³-hybridized carbons (Fsp3) is 0.923. The Labute approximate surface area is 109 Å². The minimum Gasteiger partial charge on any atom is -0.444 e. The largest absolute Gasteiger partial charge is 0.444 e. The lowest BCUT2D eigenvalue weighted by Gasteiger charge is -2.33. The van der Waals surface area contributed by atoms with Gasteiger partial charge in [0.05, 0.1) is 0 Å². The van der Waals surface area contributed by atoms with Gasteiger partial charge < -0.3 is 9.64 Å². The Bertz CT molecular complexity index is 242. The van der Waals surface area contributed by atoms with Crippen LogP contribution in [0.5, 0.6) is 0 Å². The summed E-state index contributed by atoms with van der Waals surface area (Å²) in [7, 11) is 0. The summed E-state index contributed by atoms with van der Waals surface area (Å²) in [5, 5.41) is 0.730. The third kappa shape index (κ3) is 5.66. The van der Waals surface area contributed by atoms with E-state index in [1.807, 2.05) is 37.4 Å². The molecule has 1 amide bonds. The molecule has 0 saturated carbocycles. The summed E-state index contributed by atoms with van der Waals surface area (Å²) < 4.78 is 5.37. The SMILES string of the molecule is CCCSC1CCN(C(=O)OC(C)(C)C)CC1. The first-order chi connectivity index (χ1) is 7.92. The van der Waals surface area contributed by atoms with Crippen molar-refractivity contribution in [2.24, 2.45) is 0 Å². The molecule has 1 fully saturated rings. The van der Waals surface area contributed by atoms with Gasteiger partial charge in [-0.2, -0.15) is 11.8 Å². The van der Waals surface area contributed by atoms with Crippen LogP contribution in [0.25, 0.3) is 0 Å². The number of nitrogens with zero attached hydrogens (tertiary/aromatic N) is 1. The third-order valence-corrected chi connectivity index (χ3v) is 4.24. The lowest BCUT2D eigenvalue weighted by Crippen LogP contribution is -2.42. The predicted octanol–water partition coefficient (Wildman–Crippen LogP) is 3.53. The molecule has 1 aliphatic heterocycles. The first-order valence-corrected chi connectivity index (χ1v) is 7.57. The molecule has 0 aromatic heterocycles. The lowest BCUT2D eigenvalue weighted by molar-refractivity contribution is 0.0219. The molecule has 4 heteroatoms. The molecular formula is C13H25NO2S. The fourth-order valence-corrected chi connectivity index (χ4v) is 2.93. The van der Waals surface area contributed by atoms with Crippen molar-refractivity contribution in [1.82, 2.24) is 4.90 Å². The van der Waals surface area contributed by atoms with Gasteiger partial charge in [0.1, 0.15) is 5.60 Å². The van der Waals surface area contributed by atoms with E-state index in [0.29, 0.717) is 0 Å². The van der Waals surface area contributed by atoms with Crippen molar-refractivity contribution in [3.8, 4) is 0 Å². The van der Waals surface area contributed by atoms with Crippen molar-refractivity contribution < 1.29 is 9.53 Å². The smallest absolute Gasteiger partial charge is 0.410 e. The van der Waals surface area contributed by atoms with Gasteiger partial charge >= 0.3 is 6.09 Å². The van der Waals surface area contributed by atoms with Gasteiger partial charge in [-0.05, 0) is 45.8 Å². The van der Waals surface area contributed by atoms with Crippen molar-refractivity contribution >= 4 is 17.9 Å². The van der Waals surface area contributed by atoms with E-state index < -0.39 is 0 Å². The summed E-state index contributed by atoms with van der Waals surface area (Å²) in [4.78, 5) is 13.7. The number of likely N-dealkylation sites (tertiary alicyclic amines) is 1. The summed E-state index contributed by atoms with van der Waals surface area (Å²) in [5.74, 6) is 1.23. The first kappa shape index (κ1) is 14.7. The topological polar surface area (TPSA) is 29.5 Å². The number of amides is 1. The number of hydrogen-bond donors (Lipinski definition) is 0. The quantitative estimate of drug-likeness (QED) is 0.776. The monoisotopic (exact) mass is 259 g/mol. The second-order valence-electron chi connectivity index (χ2n) is 5.54. The van der Waals surface area contributed by atoms with Crippen LogP contribution in [0.4, 0.5) is 4.79 Å². The first-order valence-electron chi connectivity index (χ1n) is 6.52. The van der Waals surface area contributed by atoms with Crippen LogP contribution in [0, 0.1) is 0 Å². The predicted molar refractivity (Wildman–Crippen MR) is 73.6 cm³/mol. The van der Waals surface area contributed by atoms with E-state index >= 15 is 0 Å². The number of carbonyl (C=O) groups is 1. The summed E-state index contributed by atoms with van der Waals surface area (Å²) in [6, 6.07) is 0. The fourth-order valence-electron chi connectivity index (χ4n) is 1.82. The number of piperidine rings is 1. The number of ether oxygens (including phenoxy) is 1. The van der Waals surface area contributed by atoms with Crippen LogP contribution in [-0.4, -0.2) is 40.7 Å². The Kier molecular flexibility index (Phi) is 5.63. The van der Waals surface area contributed by atoms with Gasteiger partial charge in [-0.3, -0.25) is 0 Å². The molecule has 0 unspecified atom stereocenters. The molecule has 17 heavy (non-hydrogen) atoms. The summed E-state index contributed by atoms with van der Waals surface area (Å²) in [6.45, 7) is 9.63. The van der Waals surface area contributed by atoms with E-state index in [0.717, 1.165) is 31.2 Å². The summed E-state index contributed by atoms with van der Waals surface area (Å²) in [6.07, 6.45) is 3.28. The maximum absolute atomic E-state index is 11.8. The summed E-state index contributed by atoms with van der Waals surface area (Å²) in [5.41, 5.74) is -0.384. The Morgan fingerprint density at radius 1 is 1.35 bits per heavy atom. The van der Waals surface area contributed by atoms with Crippen molar-refractivity contribution in [3.05, 3.63) is 0 Å². The normalized spacial score (nSPS) is 18.2. The van der Waals surface area contributed by atoms with Crippen LogP contribution in [0.1, 0.15) is 47.0 Å². The molecule has 0 atom stereocenters. The molecule has 100 valence electrons. The second-order valence-corrected chi connectivity index (χ2v) is 6.95. The van der Waals surface area contributed by atoms with Gasteiger partial charge in [-0.25, -0.2) is 4.79 Å². The molecule has 1 saturated heterocycles. The average Bonchev–Trinajstić information content (AvgIpc) is 2.24. The lowest BCUT2D eigenvalue weighted by atomic mass is 10.1. The standard InChI is InChI=1S/C13H25NO2S/c1-5-10-17-11-6-8-14(9-7-11)12(15)16-13(2,3)4/h11H,5-10H2,1-4H3. The van der Waals surface area contributed by atoms with Crippen molar-refractivity contribution in [2.45, 2.75) is 57.8 Å². The van der Waals surface area contributed by atoms with Gasteiger partial charge in [-0.1, -0.05) is 6.92 Å². The number of thioether (sulfide) groups is 1. The zero-order valence-electron chi connectivity index (χ0n) is 11.5. The van der Waals surface area contributed by atoms with Gasteiger partial charge in [0.15, 0.2) is 0 Å². The molecule has 0 bridgehead atoms. The Hall–Kier alpha value is -0.380. The van der Waals surface area contributed by atoms with Crippen LogP contribution < -0.4 is 0 Å². The molecule has 1 rings (SSSR count). The molecule has 0 spiro atoms. The van der Waals surface area contributed by atoms with E-state index in [4.69, 9.17) is 4.74 Å². The number of carbonyl (C=O) groups excluding carboxylic acids is 1. The van der Waals surface area contributed by atoms with Gasteiger partial charge in [-0.15, -0.1) is 0 Å². The van der Waals surface area contributed by atoms with Crippen molar-refractivity contribution in [2.75, 3.05) is 18.8 Å². The van der Waals surface area contributed by atoms with E-state index in [1.165, 1.54) is 12.2 Å².